The molecule has 0 aliphatic carbocycles. The second-order valence-corrected chi connectivity index (χ2v) is 8.28. The van der Waals surface area contributed by atoms with Crippen LogP contribution in [0.25, 0.3) is 11.0 Å². The third-order valence-electron chi connectivity index (χ3n) is 5.57. The molecule has 1 amide bonds. The van der Waals surface area contributed by atoms with Gasteiger partial charge in [-0.3, -0.25) is 4.79 Å². The van der Waals surface area contributed by atoms with Crippen molar-refractivity contribution in [1.82, 2.24) is 38.6 Å². The first kappa shape index (κ1) is 21.0. The summed E-state index contributed by atoms with van der Waals surface area (Å²) in [6, 6.07) is 18.2. The Kier molecular flexibility index (Phi) is 5.66. The Morgan fingerprint density at radius 2 is 1.79 bits per heavy atom. The molecule has 0 spiro atoms. The molecule has 3 heterocycles. The fourth-order valence-corrected chi connectivity index (χ4v) is 4.26. The average Bonchev–Trinajstić information content (AvgIpc) is 3.51. The average molecular weight is 459 g/mol. The van der Waals surface area contributed by atoms with Gasteiger partial charge in [0.2, 0.25) is 0 Å². The van der Waals surface area contributed by atoms with E-state index in [1.165, 1.54) is 5.56 Å². The number of carbonyl (C=O) groups is 1. The molecule has 1 N–H and O–H groups in total. The van der Waals surface area contributed by atoms with Gasteiger partial charge in [0.25, 0.3) is 5.91 Å². The molecular weight excluding hydrogens is 436 g/mol. The van der Waals surface area contributed by atoms with Crippen LogP contribution in [0.2, 0.25) is 0 Å². The highest BCUT2D eigenvalue weighted by Crippen LogP contribution is 2.18. The lowest BCUT2D eigenvalue weighted by atomic mass is 10.2. The van der Waals surface area contributed by atoms with Crippen molar-refractivity contribution in [2.75, 3.05) is 0 Å². The van der Waals surface area contributed by atoms with Crippen LogP contribution < -0.4 is 5.32 Å². The highest BCUT2D eigenvalue weighted by molar-refractivity contribution is 6.99. The number of nitrogens with zero attached hydrogens (tertiary/aromatic N) is 7. The van der Waals surface area contributed by atoms with Gasteiger partial charge in [-0.1, -0.05) is 47.7 Å². The number of aryl methyl sites for hydroxylation is 1. The molecule has 5 rings (SSSR count). The van der Waals surface area contributed by atoms with Crippen molar-refractivity contribution in [3.63, 3.8) is 0 Å². The number of aromatic nitrogens is 7. The maximum Gasteiger partial charge on any atom is 0.274 e. The molecular formula is C23H22N8OS. The fourth-order valence-electron chi connectivity index (χ4n) is 3.70. The second-order valence-electron chi connectivity index (χ2n) is 7.75. The predicted octanol–water partition coefficient (Wildman–Crippen LogP) is 3.12. The van der Waals surface area contributed by atoms with E-state index in [0.717, 1.165) is 40.0 Å². The van der Waals surface area contributed by atoms with E-state index >= 15 is 0 Å². The van der Waals surface area contributed by atoms with E-state index in [9.17, 15) is 4.79 Å². The maximum atomic E-state index is 12.9. The molecule has 0 fully saturated rings. The number of hydrogen-bond acceptors (Lipinski definition) is 7. The second kappa shape index (κ2) is 8.91. The molecule has 0 unspecified atom stereocenters. The molecule has 0 saturated carbocycles. The summed E-state index contributed by atoms with van der Waals surface area (Å²) in [5.74, 6) is 0.493. The van der Waals surface area contributed by atoms with Gasteiger partial charge >= 0.3 is 0 Å². The van der Waals surface area contributed by atoms with Crippen molar-refractivity contribution in [3.05, 3.63) is 88.8 Å². The molecule has 0 atom stereocenters. The summed E-state index contributed by atoms with van der Waals surface area (Å²) in [7, 11) is 0. The van der Waals surface area contributed by atoms with Crippen molar-refractivity contribution >= 4 is 28.7 Å². The number of fused-ring (bicyclic) bond motifs is 1. The van der Waals surface area contributed by atoms with Crippen LogP contribution in [-0.2, 0) is 19.6 Å². The van der Waals surface area contributed by atoms with Gasteiger partial charge in [-0.25, -0.2) is 9.67 Å². The van der Waals surface area contributed by atoms with Gasteiger partial charge < -0.3 is 9.88 Å². The van der Waals surface area contributed by atoms with E-state index in [1.54, 1.807) is 4.68 Å². The molecule has 0 aliphatic rings. The van der Waals surface area contributed by atoms with Crippen LogP contribution in [0, 0.1) is 13.8 Å². The van der Waals surface area contributed by atoms with Crippen molar-refractivity contribution in [3.8, 4) is 0 Å². The molecule has 0 aliphatic heterocycles. The third-order valence-corrected chi connectivity index (χ3v) is 6.23. The van der Waals surface area contributed by atoms with Crippen LogP contribution in [0.3, 0.4) is 0 Å². The Hall–Kier alpha value is -3.92. The Labute approximate surface area is 194 Å². The van der Waals surface area contributed by atoms with Gasteiger partial charge in [0, 0.05) is 6.54 Å². The standard InChI is InChI=1S/C23H22N8OS/c1-15-19(28-33-27-15)14-31-16(2)22(26-29-31)23(32)24-12-21-25-18-10-6-7-11-20(18)30(21)13-17-8-4-3-5-9-17/h3-11H,12-14H2,1-2H3,(H,24,32). The molecule has 10 heteroatoms. The number of carbonyl (C=O) groups excluding carboxylic acids is 1. The topological polar surface area (TPSA) is 103 Å². The lowest BCUT2D eigenvalue weighted by Crippen LogP contribution is -2.26. The number of para-hydroxylation sites is 2. The van der Waals surface area contributed by atoms with E-state index < -0.39 is 0 Å². The molecule has 0 radical (unpaired) electrons. The van der Waals surface area contributed by atoms with Gasteiger partial charge in [-0.15, -0.1) is 5.10 Å². The molecule has 0 bridgehead atoms. The first-order valence-electron chi connectivity index (χ1n) is 10.5. The Morgan fingerprint density at radius 3 is 2.58 bits per heavy atom. The summed E-state index contributed by atoms with van der Waals surface area (Å²) in [5, 5.41) is 11.2. The first-order valence-corrected chi connectivity index (χ1v) is 11.3. The Morgan fingerprint density at radius 1 is 1.00 bits per heavy atom. The van der Waals surface area contributed by atoms with E-state index in [-0.39, 0.29) is 12.5 Å². The van der Waals surface area contributed by atoms with Crippen LogP contribution in [0.15, 0.2) is 54.6 Å². The zero-order valence-electron chi connectivity index (χ0n) is 18.3. The van der Waals surface area contributed by atoms with E-state index in [0.29, 0.717) is 24.5 Å². The van der Waals surface area contributed by atoms with Crippen LogP contribution >= 0.6 is 11.7 Å². The van der Waals surface area contributed by atoms with Crippen molar-refractivity contribution in [2.45, 2.75) is 33.5 Å². The minimum absolute atomic E-state index is 0.280. The highest BCUT2D eigenvalue weighted by Gasteiger charge is 2.19. The fraction of sp³-hybridized carbons (Fsp3) is 0.217. The van der Waals surface area contributed by atoms with Crippen LogP contribution in [0.5, 0.6) is 0 Å². The number of imidazole rings is 1. The maximum absolute atomic E-state index is 12.9. The van der Waals surface area contributed by atoms with Gasteiger partial charge in [0.05, 0.1) is 52.9 Å². The minimum atomic E-state index is -0.287. The normalized spacial score (nSPS) is 11.2. The molecule has 166 valence electrons. The Bertz CT molecular complexity index is 1420. The quantitative estimate of drug-likeness (QED) is 0.402. The number of benzene rings is 2. The molecule has 33 heavy (non-hydrogen) atoms. The summed E-state index contributed by atoms with van der Waals surface area (Å²) in [6.45, 7) is 5.11. The first-order chi connectivity index (χ1) is 16.1. The molecule has 2 aromatic carbocycles. The van der Waals surface area contributed by atoms with Crippen molar-refractivity contribution in [1.29, 1.82) is 0 Å². The number of amides is 1. The largest absolute Gasteiger partial charge is 0.343 e. The summed E-state index contributed by atoms with van der Waals surface area (Å²) in [4.78, 5) is 17.7. The molecule has 3 aromatic heterocycles. The summed E-state index contributed by atoms with van der Waals surface area (Å²) in [6.07, 6.45) is 0. The van der Waals surface area contributed by atoms with Crippen molar-refractivity contribution in [2.24, 2.45) is 0 Å². The van der Waals surface area contributed by atoms with E-state index in [2.05, 4.69) is 41.1 Å². The van der Waals surface area contributed by atoms with Crippen LogP contribution in [0.1, 0.15) is 39.0 Å². The number of nitrogens with one attached hydrogen (secondary N) is 1. The van der Waals surface area contributed by atoms with E-state index in [1.807, 2.05) is 56.3 Å². The molecule has 0 saturated heterocycles. The predicted molar refractivity (Wildman–Crippen MR) is 125 cm³/mol. The van der Waals surface area contributed by atoms with E-state index in [4.69, 9.17) is 4.98 Å². The van der Waals surface area contributed by atoms with Crippen LogP contribution in [-0.4, -0.2) is 39.2 Å². The lowest BCUT2D eigenvalue weighted by Gasteiger charge is -2.10. The van der Waals surface area contributed by atoms with Crippen molar-refractivity contribution < 1.29 is 4.79 Å². The van der Waals surface area contributed by atoms with Gasteiger partial charge in [-0.05, 0) is 31.5 Å². The third kappa shape index (κ3) is 4.24. The summed E-state index contributed by atoms with van der Waals surface area (Å²) in [5.41, 5.74) is 5.75. The monoisotopic (exact) mass is 458 g/mol. The van der Waals surface area contributed by atoms with Gasteiger partial charge in [-0.2, -0.15) is 8.75 Å². The Balaban J connectivity index is 1.35. The summed E-state index contributed by atoms with van der Waals surface area (Å²) >= 11 is 1.16. The number of rotatable bonds is 7. The number of hydrogen-bond donors (Lipinski definition) is 1. The molecule has 9 nitrogen and oxygen atoms in total. The minimum Gasteiger partial charge on any atom is -0.343 e. The SMILES string of the molecule is Cc1nsnc1Cn1nnc(C(=O)NCc2nc3ccccc3n2Cc2ccccc2)c1C. The zero-order chi connectivity index (χ0) is 22.8. The lowest BCUT2D eigenvalue weighted by molar-refractivity contribution is 0.0944. The van der Waals surface area contributed by atoms with Gasteiger partial charge in [0.1, 0.15) is 5.82 Å². The smallest absolute Gasteiger partial charge is 0.274 e. The zero-order valence-corrected chi connectivity index (χ0v) is 19.1. The van der Waals surface area contributed by atoms with Gasteiger partial charge in [0.15, 0.2) is 5.69 Å². The summed E-state index contributed by atoms with van der Waals surface area (Å²) < 4.78 is 12.3. The van der Waals surface area contributed by atoms with Crippen LogP contribution in [0.4, 0.5) is 0 Å². The highest BCUT2D eigenvalue weighted by atomic mass is 32.1. The molecule has 5 aromatic rings.